The van der Waals surface area contributed by atoms with Crippen molar-refractivity contribution >= 4 is 45.9 Å². The highest BCUT2D eigenvalue weighted by Gasteiger charge is 2.33. The fraction of sp³-hybridized carbons (Fsp3) is 0.308. The van der Waals surface area contributed by atoms with E-state index in [-0.39, 0.29) is 34.2 Å². The van der Waals surface area contributed by atoms with Crippen molar-refractivity contribution in [1.29, 1.82) is 0 Å². The van der Waals surface area contributed by atoms with E-state index in [0.29, 0.717) is 27.2 Å². The van der Waals surface area contributed by atoms with Crippen molar-refractivity contribution in [2.24, 2.45) is 5.92 Å². The van der Waals surface area contributed by atoms with Crippen LogP contribution < -0.4 is 10.3 Å². The van der Waals surface area contributed by atoms with E-state index in [2.05, 4.69) is 25.8 Å². The number of benzene rings is 1. The number of thiocarbonyl (C=S) groups is 1. The standard InChI is InChI=1S/C26H27N3O3S2/c1-16(2)15-29-24(31)20(34-25(29)33)14-19-22(27-21-8-6-7-13-28(21)23(19)30)32-18-11-9-17(10-12-18)26(3,4)5/h6-14,16H,15H2,1-5H3. The number of amides is 1. The van der Waals surface area contributed by atoms with Gasteiger partial charge in [0.2, 0.25) is 5.88 Å². The summed E-state index contributed by atoms with van der Waals surface area (Å²) < 4.78 is 8.02. The molecule has 0 bridgehead atoms. The third-order valence-electron chi connectivity index (χ3n) is 5.37. The van der Waals surface area contributed by atoms with Crippen LogP contribution in [0, 0.1) is 5.92 Å². The molecule has 0 saturated carbocycles. The van der Waals surface area contributed by atoms with Gasteiger partial charge in [-0.15, -0.1) is 0 Å². The third-order valence-corrected chi connectivity index (χ3v) is 6.74. The monoisotopic (exact) mass is 493 g/mol. The number of ether oxygens (including phenoxy) is 1. The number of hydrogen-bond donors (Lipinski definition) is 0. The second kappa shape index (κ2) is 9.35. The van der Waals surface area contributed by atoms with Crippen LogP contribution in [0.1, 0.15) is 45.7 Å². The molecule has 8 heteroatoms. The number of fused-ring (bicyclic) bond motifs is 1. The lowest BCUT2D eigenvalue weighted by Crippen LogP contribution is -2.31. The largest absolute Gasteiger partial charge is 0.438 e. The molecule has 4 rings (SSSR count). The van der Waals surface area contributed by atoms with E-state index in [9.17, 15) is 9.59 Å². The van der Waals surface area contributed by atoms with Gasteiger partial charge >= 0.3 is 0 Å². The first-order chi connectivity index (χ1) is 16.0. The van der Waals surface area contributed by atoms with Crippen molar-refractivity contribution in [1.82, 2.24) is 14.3 Å². The first kappa shape index (κ1) is 24.2. The van der Waals surface area contributed by atoms with Gasteiger partial charge in [-0.3, -0.25) is 18.9 Å². The molecule has 34 heavy (non-hydrogen) atoms. The Balaban J connectivity index is 1.79. The Morgan fingerprint density at radius 3 is 2.47 bits per heavy atom. The Morgan fingerprint density at radius 2 is 1.82 bits per heavy atom. The summed E-state index contributed by atoms with van der Waals surface area (Å²) >= 11 is 6.61. The highest BCUT2D eigenvalue weighted by atomic mass is 32.2. The molecule has 1 aromatic carbocycles. The van der Waals surface area contributed by atoms with Gasteiger partial charge in [0.1, 0.15) is 21.3 Å². The molecule has 0 aliphatic carbocycles. The topological polar surface area (TPSA) is 63.9 Å². The minimum Gasteiger partial charge on any atom is -0.438 e. The molecule has 1 aliphatic heterocycles. The average Bonchev–Trinajstić information content (AvgIpc) is 3.03. The third kappa shape index (κ3) is 4.93. The minimum atomic E-state index is -0.318. The fourth-order valence-corrected chi connectivity index (χ4v) is 4.83. The number of hydrogen-bond acceptors (Lipinski definition) is 6. The van der Waals surface area contributed by atoms with Gasteiger partial charge in [0, 0.05) is 12.7 Å². The zero-order valence-electron chi connectivity index (χ0n) is 19.9. The van der Waals surface area contributed by atoms with Gasteiger partial charge in [-0.25, -0.2) is 0 Å². The van der Waals surface area contributed by atoms with Crippen LogP contribution in [-0.2, 0) is 10.2 Å². The van der Waals surface area contributed by atoms with Crippen LogP contribution in [0.25, 0.3) is 11.7 Å². The van der Waals surface area contributed by atoms with Crippen LogP contribution in [0.4, 0.5) is 0 Å². The average molecular weight is 494 g/mol. The Labute approximate surface area is 208 Å². The van der Waals surface area contributed by atoms with Crippen LogP contribution in [0.2, 0.25) is 0 Å². The second-order valence-corrected chi connectivity index (χ2v) is 11.3. The molecule has 1 fully saturated rings. The molecule has 2 aromatic heterocycles. The van der Waals surface area contributed by atoms with E-state index in [1.165, 1.54) is 21.7 Å². The van der Waals surface area contributed by atoms with Gasteiger partial charge in [0.25, 0.3) is 11.5 Å². The fourth-order valence-electron chi connectivity index (χ4n) is 3.57. The van der Waals surface area contributed by atoms with E-state index in [4.69, 9.17) is 17.0 Å². The molecule has 3 aromatic rings. The van der Waals surface area contributed by atoms with Crippen LogP contribution in [0.5, 0.6) is 11.6 Å². The maximum atomic E-state index is 13.4. The molecule has 0 radical (unpaired) electrons. The predicted octanol–water partition coefficient (Wildman–Crippen LogP) is 5.64. The second-order valence-electron chi connectivity index (χ2n) is 9.63. The summed E-state index contributed by atoms with van der Waals surface area (Å²) in [5.41, 5.74) is 1.52. The summed E-state index contributed by atoms with van der Waals surface area (Å²) in [5.74, 6) is 0.766. The summed E-state index contributed by atoms with van der Waals surface area (Å²) in [6.45, 7) is 11.0. The van der Waals surface area contributed by atoms with Crippen molar-refractivity contribution < 1.29 is 9.53 Å². The van der Waals surface area contributed by atoms with Crippen molar-refractivity contribution in [3.8, 4) is 11.6 Å². The zero-order chi connectivity index (χ0) is 24.6. The molecular formula is C26H27N3O3S2. The van der Waals surface area contributed by atoms with Gasteiger partial charge in [0.05, 0.1) is 4.91 Å². The van der Waals surface area contributed by atoms with Crippen molar-refractivity contribution in [3.63, 3.8) is 0 Å². The van der Waals surface area contributed by atoms with Crippen LogP contribution in [-0.4, -0.2) is 31.1 Å². The number of nitrogens with zero attached hydrogens (tertiary/aromatic N) is 3. The van der Waals surface area contributed by atoms with Gasteiger partial charge in [0.15, 0.2) is 0 Å². The predicted molar refractivity (Wildman–Crippen MR) is 141 cm³/mol. The van der Waals surface area contributed by atoms with E-state index < -0.39 is 0 Å². The smallest absolute Gasteiger partial charge is 0.269 e. The Hall–Kier alpha value is -2.97. The first-order valence-electron chi connectivity index (χ1n) is 11.1. The van der Waals surface area contributed by atoms with Crippen molar-refractivity contribution in [2.75, 3.05) is 6.54 Å². The van der Waals surface area contributed by atoms with Crippen molar-refractivity contribution in [2.45, 2.75) is 40.0 Å². The molecule has 1 saturated heterocycles. The maximum absolute atomic E-state index is 13.4. The minimum absolute atomic E-state index is 0.00841. The van der Waals surface area contributed by atoms with E-state index in [0.717, 1.165) is 0 Å². The Bertz CT molecular complexity index is 1350. The number of rotatable bonds is 5. The highest BCUT2D eigenvalue weighted by Crippen LogP contribution is 2.34. The molecule has 0 spiro atoms. The molecule has 0 atom stereocenters. The van der Waals surface area contributed by atoms with Crippen molar-refractivity contribution in [3.05, 3.63) is 75.0 Å². The van der Waals surface area contributed by atoms with E-state index >= 15 is 0 Å². The quantitative estimate of drug-likeness (QED) is 0.338. The van der Waals surface area contributed by atoms with Gasteiger partial charge in [-0.1, -0.05) is 76.8 Å². The molecule has 176 valence electrons. The number of thioether (sulfide) groups is 1. The molecular weight excluding hydrogens is 466 g/mol. The molecule has 6 nitrogen and oxygen atoms in total. The van der Waals surface area contributed by atoms with E-state index in [1.807, 2.05) is 38.1 Å². The summed E-state index contributed by atoms with van der Waals surface area (Å²) in [6.07, 6.45) is 3.20. The molecule has 1 amide bonds. The SMILES string of the molecule is CC(C)CN1C(=O)C(=Cc2c(Oc3ccc(C(C)(C)C)cc3)nc3ccccn3c2=O)SC1=S. The van der Waals surface area contributed by atoms with Crippen LogP contribution in [0.15, 0.2) is 58.4 Å². The molecule has 1 aliphatic rings. The lowest BCUT2D eigenvalue weighted by Gasteiger charge is -2.19. The maximum Gasteiger partial charge on any atom is 0.269 e. The van der Waals surface area contributed by atoms with Gasteiger partial charge in [-0.05, 0) is 47.2 Å². The zero-order valence-corrected chi connectivity index (χ0v) is 21.5. The normalized spacial score (nSPS) is 15.7. The summed E-state index contributed by atoms with van der Waals surface area (Å²) in [6, 6.07) is 13.0. The molecule has 0 unspecified atom stereocenters. The number of aromatic nitrogens is 2. The summed E-state index contributed by atoms with van der Waals surface area (Å²) in [5, 5.41) is 0. The highest BCUT2D eigenvalue weighted by molar-refractivity contribution is 8.26. The Kier molecular flexibility index (Phi) is 6.64. The summed E-state index contributed by atoms with van der Waals surface area (Å²) in [7, 11) is 0. The van der Waals surface area contributed by atoms with Gasteiger partial charge < -0.3 is 4.74 Å². The number of pyridine rings is 1. The van der Waals surface area contributed by atoms with Crippen LogP contribution >= 0.6 is 24.0 Å². The lowest BCUT2D eigenvalue weighted by molar-refractivity contribution is -0.122. The Morgan fingerprint density at radius 1 is 1.12 bits per heavy atom. The molecule has 0 N–H and O–H groups in total. The number of carbonyl (C=O) groups excluding carboxylic acids is 1. The van der Waals surface area contributed by atoms with Gasteiger partial charge in [-0.2, -0.15) is 4.98 Å². The molecule has 3 heterocycles. The first-order valence-corrected chi connectivity index (χ1v) is 12.3. The number of carbonyl (C=O) groups is 1. The lowest BCUT2D eigenvalue weighted by atomic mass is 9.87. The van der Waals surface area contributed by atoms with E-state index in [1.54, 1.807) is 35.4 Å². The van der Waals surface area contributed by atoms with Crippen LogP contribution in [0.3, 0.4) is 0 Å². The summed E-state index contributed by atoms with van der Waals surface area (Å²) in [4.78, 5) is 32.9.